The highest BCUT2D eigenvalue weighted by Gasteiger charge is 2.35. The number of rotatable bonds is 2. The highest BCUT2D eigenvalue weighted by Crippen LogP contribution is 2.18. The molecule has 128 valence electrons. The van der Waals surface area contributed by atoms with Gasteiger partial charge in [0.05, 0.1) is 7.11 Å². The van der Waals surface area contributed by atoms with Gasteiger partial charge in [-0.2, -0.15) is 0 Å². The van der Waals surface area contributed by atoms with E-state index in [1.807, 2.05) is 0 Å². The number of benzene rings is 1. The van der Waals surface area contributed by atoms with Crippen LogP contribution in [-0.2, 0) is 14.3 Å². The summed E-state index contributed by atoms with van der Waals surface area (Å²) >= 11 is 0. The van der Waals surface area contributed by atoms with Gasteiger partial charge in [-0.05, 0) is 44.5 Å². The van der Waals surface area contributed by atoms with Crippen LogP contribution in [0, 0.1) is 0 Å². The van der Waals surface area contributed by atoms with Gasteiger partial charge in [0, 0.05) is 0 Å². The highest BCUT2D eigenvalue weighted by atomic mass is 16.6. The van der Waals surface area contributed by atoms with Crippen LogP contribution in [0.1, 0.15) is 26.3 Å². The molecule has 7 nitrogen and oxygen atoms in total. The number of ether oxygens (including phenoxy) is 2. The lowest BCUT2D eigenvalue weighted by atomic mass is 10.1. The molecular formula is C17H20N2O5. The number of carbonyl (C=O) groups is 3. The zero-order chi connectivity index (χ0) is 17.9. The molecule has 0 unspecified atom stereocenters. The standard InChI is InChI=1S/C17H20N2O5/c1-17(2,3)24-16(22)19-10-14(20)18-13(15(19)21)9-11-6-5-7-12(8-11)23-4/h5-9H,10H2,1-4H3,(H,18,20)/b13-9-. The normalized spacial score (nSPS) is 16.8. The maximum Gasteiger partial charge on any atom is 0.417 e. The first-order valence-corrected chi connectivity index (χ1v) is 7.40. The first kappa shape index (κ1) is 17.5. The van der Waals surface area contributed by atoms with Crippen molar-refractivity contribution in [2.45, 2.75) is 26.4 Å². The molecule has 0 spiro atoms. The molecule has 7 heteroatoms. The Morgan fingerprint density at radius 3 is 2.62 bits per heavy atom. The molecule has 0 aliphatic carbocycles. The van der Waals surface area contributed by atoms with Gasteiger partial charge in [0.25, 0.3) is 5.91 Å². The number of hydrogen-bond acceptors (Lipinski definition) is 5. The summed E-state index contributed by atoms with van der Waals surface area (Å²) < 4.78 is 10.3. The predicted octanol–water partition coefficient (Wildman–Crippen LogP) is 1.93. The van der Waals surface area contributed by atoms with E-state index in [2.05, 4.69) is 5.32 Å². The SMILES string of the molecule is COc1cccc(/C=C2\NC(=O)CN(C(=O)OC(C)(C)C)C2=O)c1. The van der Waals surface area contributed by atoms with Crippen molar-refractivity contribution in [3.05, 3.63) is 35.5 Å². The molecule has 0 atom stereocenters. The maximum atomic E-state index is 12.5. The molecule has 1 N–H and O–H groups in total. The van der Waals surface area contributed by atoms with Gasteiger partial charge >= 0.3 is 6.09 Å². The van der Waals surface area contributed by atoms with E-state index < -0.39 is 23.5 Å². The molecule has 2 rings (SSSR count). The molecule has 0 saturated carbocycles. The van der Waals surface area contributed by atoms with Crippen LogP contribution in [0.15, 0.2) is 30.0 Å². The second-order valence-electron chi connectivity index (χ2n) is 6.25. The van der Waals surface area contributed by atoms with Crippen molar-refractivity contribution < 1.29 is 23.9 Å². The Hall–Kier alpha value is -2.83. The fraction of sp³-hybridized carbons (Fsp3) is 0.353. The van der Waals surface area contributed by atoms with Crippen LogP contribution in [0.3, 0.4) is 0 Å². The minimum atomic E-state index is -0.848. The molecule has 0 radical (unpaired) electrons. The fourth-order valence-electron chi connectivity index (χ4n) is 2.06. The van der Waals surface area contributed by atoms with Crippen LogP contribution in [0.25, 0.3) is 6.08 Å². The van der Waals surface area contributed by atoms with E-state index in [0.29, 0.717) is 11.3 Å². The Balaban J connectivity index is 2.27. The molecule has 1 aromatic rings. The summed E-state index contributed by atoms with van der Waals surface area (Å²) in [6.45, 7) is 4.69. The van der Waals surface area contributed by atoms with Crippen molar-refractivity contribution >= 4 is 24.0 Å². The zero-order valence-electron chi connectivity index (χ0n) is 14.1. The van der Waals surface area contributed by atoms with Gasteiger partial charge in [-0.15, -0.1) is 0 Å². The summed E-state index contributed by atoms with van der Waals surface area (Å²) in [4.78, 5) is 37.2. The minimum absolute atomic E-state index is 0.00497. The Labute approximate surface area is 140 Å². The molecule has 24 heavy (non-hydrogen) atoms. The molecule has 3 amide bonds. The van der Waals surface area contributed by atoms with E-state index >= 15 is 0 Å². The van der Waals surface area contributed by atoms with Gasteiger partial charge in [0.2, 0.25) is 5.91 Å². The molecular weight excluding hydrogens is 312 g/mol. The Morgan fingerprint density at radius 1 is 1.29 bits per heavy atom. The molecule has 1 aliphatic rings. The summed E-state index contributed by atoms with van der Waals surface area (Å²) in [7, 11) is 1.53. The number of amides is 3. The van der Waals surface area contributed by atoms with Crippen molar-refractivity contribution in [2.75, 3.05) is 13.7 Å². The van der Waals surface area contributed by atoms with Gasteiger partial charge in [0.1, 0.15) is 23.6 Å². The molecule has 1 aliphatic heterocycles. The monoisotopic (exact) mass is 332 g/mol. The Morgan fingerprint density at radius 2 is 2.00 bits per heavy atom. The minimum Gasteiger partial charge on any atom is -0.497 e. The third-order valence-corrected chi connectivity index (χ3v) is 3.07. The van der Waals surface area contributed by atoms with Gasteiger partial charge in [-0.1, -0.05) is 12.1 Å². The number of nitrogens with one attached hydrogen (secondary N) is 1. The maximum absolute atomic E-state index is 12.5. The first-order valence-electron chi connectivity index (χ1n) is 7.40. The number of piperazine rings is 1. The third kappa shape index (κ3) is 4.34. The van der Waals surface area contributed by atoms with E-state index in [1.54, 1.807) is 45.0 Å². The van der Waals surface area contributed by atoms with Crippen LogP contribution in [0.5, 0.6) is 5.75 Å². The van der Waals surface area contributed by atoms with Crippen molar-refractivity contribution in [1.82, 2.24) is 10.2 Å². The number of hydrogen-bond donors (Lipinski definition) is 1. The largest absolute Gasteiger partial charge is 0.497 e. The lowest BCUT2D eigenvalue weighted by Gasteiger charge is -2.29. The number of imide groups is 1. The Kier molecular flexibility index (Phi) is 4.92. The Bertz CT molecular complexity index is 703. The fourth-order valence-corrected chi connectivity index (χ4v) is 2.06. The van der Waals surface area contributed by atoms with Crippen LogP contribution in [0.2, 0.25) is 0 Å². The van der Waals surface area contributed by atoms with Crippen molar-refractivity contribution in [1.29, 1.82) is 0 Å². The average molecular weight is 332 g/mol. The average Bonchev–Trinajstić information content (AvgIpc) is 2.49. The topological polar surface area (TPSA) is 84.9 Å². The van der Waals surface area contributed by atoms with Gasteiger partial charge in [0.15, 0.2) is 0 Å². The van der Waals surface area contributed by atoms with Crippen molar-refractivity contribution in [2.24, 2.45) is 0 Å². The summed E-state index contributed by atoms with van der Waals surface area (Å²) in [6, 6.07) is 6.97. The molecule has 1 heterocycles. The number of carbonyl (C=O) groups excluding carboxylic acids is 3. The molecule has 0 aromatic heterocycles. The quantitative estimate of drug-likeness (QED) is 0.837. The van der Waals surface area contributed by atoms with Crippen LogP contribution in [-0.4, -0.2) is 42.1 Å². The molecule has 1 saturated heterocycles. The smallest absolute Gasteiger partial charge is 0.417 e. The van der Waals surface area contributed by atoms with E-state index in [9.17, 15) is 14.4 Å². The summed E-state index contributed by atoms with van der Waals surface area (Å²) in [5.41, 5.74) is -0.100. The lowest BCUT2D eigenvalue weighted by molar-refractivity contribution is -0.136. The van der Waals surface area contributed by atoms with E-state index in [4.69, 9.17) is 9.47 Å². The van der Waals surface area contributed by atoms with Crippen molar-refractivity contribution in [3.8, 4) is 5.75 Å². The van der Waals surface area contributed by atoms with Crippen LogP contribution < -0.4 is 10.1 Å². The van der Waals surface area contributed by atoms with Gasteiger partial charge < -0.3 is 14.8 Å². The van der Waals surface area contributed by atoms with Crippen LogP contribution in [0.4, 0.5) is 4.79 Å². The number of methoxy groups -OCH3 is 1. The second kappa shape index (κ2) is 6.74. The van der Waals surface area contributed by atoms with Crippen LogP contribution >= 0.6 is 0 Å². The third-order valence-electron chi connectivity index (χ3n) is 3.07. The summed E-state index contributed by atoms with van der Waals surface area (Å²) in [6.07, 6.45) is 0.637. The van der Waals surface area contributed by atoms with E-state index in [-0.39, 0.29) is 12.2 Å². The van der Waals surface area contributed by atoms with Gasteiger partial charge in [-0.3, -0.25) is 9.59 Å². The molecule has 1 fully saturated rings. The predicted molar refractivity (Wildman–Crippen MR) is 87.1 cm³/mol. The number of nitrogens with zero attached hydrogens (tertiary/aromatic N) is 1. The summed E-state index contributed by atoms with van der Waals surface area (Å²) in [5, 5.41) is 2.48. The second-order valence-corrected chi connectivity index (χ2v) is 6.25. The van der Waals surface area contributed by atoms with E-state index in [1.165, 1.54) is 13.2 Å². The lowest BCUT2D eigenvalue weighted by Crippen LogP contribution is -2.53. The summed E-state index contributed by atoms with van der Waals surface area (Å²) in [5.74, 6) is -0.468. The highest BCUT2D eigenvalue weighted by molar-refractivity contribution is 6.12. The zero-order valence-corrected chi connectivity index (χ0v) is 14.1. The van der Waals surface area contributed by atoms with Gasteiger partial charge in [-0.25, -0.2) is 9.69 Å². The van der Waals surface area contributed by atoms with E-state index in [0.717, 1.165) is 4.90 Å². The molecule has 1 aromatic carbocycles. The first-order chi connectivity index (χ1) is 11.2. The van der Waals surface area contributed by atoms with Crippen molar-refractivity contribution in [3.63, 3.8) is 0 Å². The molecule has 0 bridgehead atoms.